The van der Waals surface area contributed by atoms with Gasteiger partial charge in [-0.25, -0.2) is 0 Å². The van der Waals surface area contributed by atoms with Crippen LogP contribution in [0, 0.1) is 0 Å². The van der Waals surface area contributed by atoms with E-state index in [1.807, 2.05) is 0 Å². The van der Waals surface area contributed by atoms with Crippen molar-refractivity contribution < 1.29 is 19.1 Å². The number of amides is 1. The van der Waals surface area contributed by atoms with Gasteiger partial charge < -0.3 is 14.8 Å². The Morgan fingerprint density at radius 2 is 2.28 bits per heavy atom. The summed E-state index contributed by atoms with van der Waals surface area (Å²) in [6, 6.07) is 4.81. The van der Waals surface area contributed by atoms with E-state index >= 15 is 0 Å². The third-order valence-corrected chi connectivity index (χ3v) is 2.45. The minimum atomic E-state index is -0.288. The number of rotatable bonds is 7. The Balaban J connectivity index is 2.50. The smallest absolute Gasteiger partial charge is 0.258 e. The third-order valence-electron chi connectivity index (χ3n) is 2.12. The number of halogens is 1. The molecular formula is C12H14ClNO4. The number of ether oxygens (including phenoxy) is 2. The molecule has 1 aromatic rings. The second kappa shape index (κ2) is 7.68. The molecule has 1 N–H and O–H groups in total. The van der Waals surface area contributed by atoms with Crippen molar-refractivity contribution in [2.45, 2.75) is 0 Å². The fraction of sp³-hybridized carbons (Fsp3) is 0.333. The number of benzene rings is 1. The number of carbonyl (C=O) groups is 2. The lowest BCUT2D eigenvalue weighted by molar-refractivity contribution is -0.123. The number of hydrogen-bond acceptors (Lipinski definition) is 4. The van der Waals surface area contributed by atoms with Crippen molar-refractivity contribution in [2.75, 3.05) is 26.9 Å². The summed E-state index contributed by atoms with van der Waals surface area (Å²) >= 11 is 5.82. The topological polar surface area (TPSA) is 64.6 Å². The van der Waals surface area contributed by atoms with E-state index in [4.69, 9.17) is 21.1 Å². The van der Waals surface area contributed by atoms with Gasteiger partial charge in [0, 0.05) is 13.7 Å². The van der Waals surface area contributed by atoms with Gasteiger partial charge in [0.15, 0.2) is 12.9 Å². The van der Waals surface area contributed by atoms with Crippen molar-refractivity contribution in [1.29, 1.82) is 0 Å². The molecule has 0 aliphatic heterocycles. The van der Waals surface area contributed by atoms with Crippen molar-refractivity contribution in [2.24, 2.45) is 0 Å². The van der Waals surface area contributed by atoms with Gasteiger partial charge in [-0.15, -0.1) is 0 Å². The minimum Gasteiger partial charge on any atom is -0.483 e. The Hall–Kier alpha value is -1.59. The molecule has 0 unspecified atom stereocenters. The molecule has 0 saturated heterocycles. The van der Waals surface area contributed by atoms with Crippen LogP contribution in [0.1, 0.15) is 10.4 Å². The van der Waals surface area contributed by atoms with Gasteiger partial charge >= 0.3 is 0 Å². The first-order chi connectivity index (χ1) is 8.69. The van der Waals surface area contributed by atoms with Gasteiger partial charge in [-0.3, -0.25) is 9.59 Å². The summed E-state index contributed by atoms with van der Waals surface area (Å²) in [5.41, 5.74) is 0.240. The quantitative estimate of drug-likeness (QED) is 0.600. The molecule has 0 heterocycles. The lowest BCUT2D eigenvalue weighted by Gasteiger charge is -2.09. The van der Waals surface area contributed by atoms with Gasteiger partial charge in [-0.1, -0.05) is 17.7 Å². The van der Waals surface area contributed by atoms with E-state index < -0.39 is 0 Å². The first-order valence-electron chi connectivity index (χ1n) is 5.31. The summed E-state index contributed by atoms with van der Waals surface area (Å²) in [5, 5.41) is 2.89. The Labute approximate surface area is 110 Å². The Bertz CT molecular complexity index is 423. The van der Waals surface area contributed by atoms with Crippen LogP contribution in [-0.2, 0) is 9.53 Å². The van der Waals surface area contributed by atoms with Crippen molar-refractivity contribution in [3.63, 3.8) is 0 Å². The molecule has 0 saturated carbocycles. The molecule has 0 fully saturated rings. The highest BCUT2D eigenvalue weighted by Crippen LogP contribution is 2.24. The fourth-order valence-corrected chi connectivity index (χ4v) is 1.45. The summed E-state index contributed by atoms with van der Waals surface area (Å²) in [4.78, 5) is 22.2. The van der Waals surface area contributed by atoms with Crippen LogP contribution in [0.4, 0.5) is 0 Å². The van der Waals surface area contributed by atoms with Crippen LogP contribution in [0.2, 0.25) is 5.02 Å². The van der Waals surface area contributed by atoms with E-state index in [2.05, 4.69) is 5.32 Å². The highest BCUT2D eigenvalue weighted by Gasteiger charge is 2.09. The molecule has 1 amide bonds. The standard InChI is InChI=1S/C12H14ClNO4/c1-17-6-5-14-12(16)8-18-11-4-2-3-10(13)9(11)7-15/h2-4,7H,5-6,8H2,1H3,(H,14,16). The molecule has 1 rings (SSSR count). The molecule has 0 aliphatic carbocycles. The predicted octanol–water partition coefficient (Wildman–Crippen LogP) is 1.29. The molecule has 0 spiro atoms. The molecule has 0 atom stereocenters. The maximum Gasteiger partial charge on any atom is 0.258 e. The molecule has 18 heavy (non-hydrogen) atoms. The summed E-state index contributed by atoms with van der Waals surface area (Å²) in [7, 11) is 1.55. The van der Waals surface area contributed by atoms with Crippen LogP contribution in [0.3, 0.4) is 0 Å². The van der Waals surface area contributed by atoms with Crippen LogP contribution in [0.15, 0.2) is 18.2 Å². The SMILES string of the molecule is COCCNC(=O)COc1cccc(Cl)c1C=O. The fourth-order valence-electron chi connectivity index (χ4n) is 1.24. The predicted molar refractivity (Wildman–Crippen MR) is 67.2 cm³/mol. The zero-order valence-corrected chi connectivity index (χ0v) is 10.7. The number of nitrogens with one attached hydrogen (secondary N) is 1. The van der Waals surface area contributed by atoms with E-state index in [9.17, 15) is 9.59 Å². The minimum absolute atomic E-state index is 0.176. The van der Waals surface area contributed by atoms with E-state index in [1.54, 1.807) is 25.3 Å². The molecule has 1 aromatic carbocycles. The first kappa shape index (κ1) is 14.5. The van der Waals surface area contributed by atoms with Gasteiger partial charge in [0.25, 0.3) is 5.91 Å². The highest BCUT2D eigenvalue weighted by molar-refractivity contribution is 6.33. The lowest BCUT2D eigenvalue weighted by Crippen LogP contribution is -2.31. The maximum absolute atomic E-state index is 11.4. The third kappa shape index (κ3) is 4.35. The highest BCUT2D eigenvalue weighted by atomic mass is 35.5. The van der Waals surface area contributed by atoms with E-state index in [0.29, 0.717) is 30.2 Å². The zero-order chi connectivity index (χ0) is 13.4. The number of aldehydes is 1. The van der Waals surface area contributed by atoms with Crippen molar-refractivity contribution in [3.8, 4) is 5.75 Å². The number of methoxy groups -OCH3 is 1. The average Bonchev–Trinajstić information content (AvgIpc) is 2.36. The summed E-state index contributed by atoms with van der Waals surface area (Å²) in [6.07, 6.45) is 0.598. The van der Waals surface area contributed by atoms with Gasteiger partial charge in [-0.2, -0.15) is 0 Å². The maximum atomic E-state index is 11.4. The van der Waals surface area contributed by atoms with Crippen molar-refractivity contribution in [3.05, 3.63) is 28.8 Å². The van der Waals surface area contributed by atoms with Crippen molar-refractivity contribution in [1.82, 2.24) is 5.32 Å². The second-order valence-electron chi connectivity index (χ2n) is 3.40. The molecule has 6 heteroatoms. The van der Waals surface area contributed by atoms with E-state index in [0.717, 1.165) is 0 Å². The average molecular weight is 272 g/mol. The molecule has 0 aliphatic rings. The molecular weight excluding hydrogens is 258 g/mol. The van der Waals surface area contributed by atoms with E-state index in [1.165, 1.54) is 0 Å². The normalized spacial score (nSPS) is 9.89. The number of carbonyl (C=O) groups excluding carboxylic acids is 2. The van der Waals surface area contributed by atoms with E-state index in [-0.39, 0.29) is 18.1 Å². The summed E-state index contributed by atoms with van der Waals surface area (Å²) in [6.45, 7) is 0.669. The van der Waals surface area contributed by atoms with Crippen LogP contribution >= 0.6 is 11.6 Å². The Morgan fingerprint density at radius 3 is 2.94 bits per heavy atom. The van der Waals surface area contributed by atoms with Gasteiger partial charge in [-0.05, 0) is 12.1 Å². The monoisotopic (exact) mass is 271 g/mol. The van der Waals surface area contributed by atoms with Gasteiger partial charge in [0.05, 0.1) is 17.2 Å². The van der Waals surface area contributed by atoms with Crippen LogP contribution in [-0.4, -0.2) is 39.1 Å². The molecule has 5 nitrogen and oxygen atoms in total. The van der Waals surface area contributed by atoms with Crippen LogP contribution in [0.25, 0.3) is 0 Å². The largest absolute Gasteiger partial charge is 0.483 e. The van der Waals surface area contributed by atoms with Crippen LogP contribution < -0.4 is 10.1 Å². The second-order valence-corrected chi connectivity index (χ2v) is 3.81. The van der Waals surface area contributed by atoms with Gasteiger partial charge in [0.1, 0.15) is 5.75 Å². The summed E-state index contributed by atoms with van der Waals surface area (Å²) in [5.74, 6) is 0.00302. The zero-order valence-electron chi connectivity index (χ0n) is 9.94. The first-order valence-corrected chi connectivity index (χ1v) is 5.69. The molecule has 0 aromatic heterocycles. The lowest BCUT2D eigenvalue weighted by atomic mass is 10.2. The Kier molecular flexibility index (Phi) is 6.18. The molecule has 0 bridgehead atoms. The van der Waals surface area contributed by atoms with Gasteiger partial charge in [0.2, 0.25) is 0 Å². The number of hydrogen-bond donors (Lipinski definition) is 1. The molecule has 0 radical (unpaired) electrons. The summed E-state index contributed by atoms with van der Waals surface area (Å²) < 4.78 is 10.0. The Morgan fingerprint density at radius 1 is 1.50 bits per heavy atom. The van der Waals surface area contributed by atoms with Crippen LogP contribution in [0.5, 0.6) is 5.75 Å². The molecule has 98 valence electrons. The van der Waals surface area contributed by atoms with Crippen molar-refractivity contribution >= 4 is 23.8 Å².